The molecule has 0 bridgehead atoms. The molecule has 34 heavy (non-hydrogen) atoms. The summed E-state index contributed by atoms with van der Waals surface area (Å²) in [6.45, 7) is 5.44. The molecule has 2 aliphatic rings. The summed E-state index contributed by atoms with van der Waals surface area (Å²) in [6, 6.07) is 13.0. The van der Waals surface area contributed by atoms with Crippen LogP contribution >= 0.6 is 0 Å². The monoisotopic (exact) mass is 460 g/mol. The Morgan fingerprint density at radius 3 is 2.76 bits per heavy atom. The number of nitrogens with one attached hydrogen (secondary N) is 1. The van der Waals surface area contributed by atoms with Crippen LogP contribution in [0.4, 0.5) is 4.39 Å². The zero-order valence-corrected chi connectivity index (χ0v) is 18.9. The normalized spacial score (nSPS) is 20.6. The molecule has 0 radical (unpaired) electrons. The maximum absolute atomic E-state index is 13.9. The summed E-state index contributed by atoms with van der Waals surface area (Å²) >= 11 is 0. The summed E-state index contributed by atoms with van der Waals surface area (Å²) in [5.74, 6) is -0.361. The first-order valence-electron chi connectivity index (χ1n) is 11.3. The van der Waals surface area contributed by atoms with Crippen LogP contribution in [0.2, 0.25) is 0 Å². The van der Waals surface area contributed by atoms with Gasteiger partial charge in [0.25, 0.3) is 0 Å². The van der Waals surface area contributed by atoms with Crippen molar-refractivity contribution in [3.63, 3.8) is 0 Å². The molecule has 1 aromatic heterocycles. The van der Waals surface area contributed by atoms with Gasteiger partial charge in [-0.2, -0.15) is 5.26 Å². The van der Waals surface area contributed by atoms with E-state index < -0.39 is 5.82 Å². The summed E-state index contributed by atoms with van der Waals surface area (Å²) in [5, 5.41) is 24.0. The van der Waals surface area contributed by atoms with E-state index in [1.54, 1.807) is 17.7 Å². The first-order chi connectivity index (χ1) is 16.5. The van der Waals surface area contributed by atoms with Gasteiger partial charge in [0.15, 0.2) is 0 Å². The highest BCUT2D eigenvalue weighted by molar-refractivity contribution is 5.79. The number of rotatable bonds is 4. The maximum Gasteiger partial charge on any atom is 0.227 e. The largest absolute Gasteiger partial charge is 0.340 e. The zero-order chi connectivity index (χ0) is 23.7. The predicted molar refractivity (Wildman–Crippen MR) is 121 cm³/mol. The smallest absolute Gasteiger partial charge is 0.227 e. The molecule has 1 unspecified atom stereocenters. The van der Waals surface area contributed by atoms with Crippen molar-refractivity contribution in [1.29, 1.82) is 5.26 Å². The Kier molecular flexibility index (Phi) is 6.04. The minimum absolute atomic E-state index is 0.0323. The highest BCUT2D eigenvalue weighted by Gasteiger charge is 2.35. The Morgan fingerprint density at radius 2 is 2.03 bits per heavy atom. The minimum Gasteiger partial charge on any atom is -0.340 e. The van der Waals surface area contributed by atoms with Gasteiger partial charge in [0.05, 0.1) is 17.7 Å². The van der Waals surface area contributed by atoms with Gasteiger partial charge < -0.3 is 10.2 Å². The summed E-state index contributed by atoms with van der Waals surface area (Å²) in [6.07, 6.45) is 1.88. The third-order valence-electron chi connectivity index (χ3n) is 6.82. The first-order valence-corrected chi connectivity index (χ1v) is 11.3. The summed E-state index contributed by atoms with van der Waals surface area (Å²) < 4.78 is 15.5. The number of nitriles is 1. The van der Waals surface area contributed by atoms with Crippen LogP contribution in [-0.2, 0) is 11.2 Å². The number of hydrogen-bond acceptors (Lipinski definition) is 7. The van der Waals surface area contributed by atoms with Crippen molar-refractivity contribution >= 4 is 5.91 Å². The number of fused-ring (bicyclic) bond motifs is 1. The number of tetrazole rings is 1. The van der Waals surface area contributed by atoms with E-state index in [-0.39, 0.29) is 23.6 Å². The van der Waals surface area contributed by atoms with Gasteiger partial charge in [-0.25, -0.2) is 9.07 Å². The van der Waals surface area contributed by atoms with Gasteiger partial charge in [0.2, 0.25) is 5.91 Å². The number of halogens is 1. The third kappa shape index (κ3) is 4.27. The molecular formula is C24H25FN8O. The summed E-state index contributed by atoms with van der Waals surface area (Å²) in [4.78, 5) is 17.3. The molecular weight excluding hydrogens is 435 g/mol. The van der Waals surface area contributed by atoms with Gasteiger partial charge in [-0.3, -0.25) is 9.69 Å². The Balaban J connectivity index is 1.19. The lowest BCUT2D eigenvalue weighted by atomic mass is 9.93. The van der Waals surface area contributed by atoms with Crippen molar-refractivity contribution in [3.05, 3.63) is 70.8 Å². The Morgan fingerprint density at radius 1 is 1.21 bits per heavy atom. The summed E-state index contributed by atoms with van der Waals surface area (Å²) in [7, 11) is 0. The third-order valence-corrected chi connectivity index (χ3v) is 6.82. The number of carbonyl (C=O) groups excluding carboxylic acids is 1. The van der Waals surface area contributed by atoms with E-state index in [4.69, 9.17) is 0 Å². The maximum atomic E-state index is 13.9. The molecule has 2 saturated heterocycles. The van der Waals surface area contributed by atoms with Gasteiger partial charge in [0.1, 0.15) is 18.2 Å². The molecule has 9 nitrogen and oxygen atoms in total. The fraction of sp³-hybridized carbons (Fsp3) is 0.375. The van der Waals surface area contributed by atoms with Crippen LogP contribution < -0.4 is 5.32 Å². The molecule has 0 spiro atoms. The standard InChI is InChI=1S/C24H25FN8O/c1-16-20(6-7-22(25)21(16)11-26)23-14-31-8-9-32(13-19(31)12-27-23)24(34)10-17-2-4-18(5-3-17)33-15-28-29-30-33/h2-7,15,19,23,27H,8-10,12-14H2,1H3/t19?,23-/m0/s1. The van der Waals surface area contributed by atoms with Gasteiger partial charge >= 0.3 is 0 Å². The van der Waals surface area contributed by atoms with E-state index in [0.29, 0.717) is 25.1 Å². The fourth-order valence-corrected chi connectivity index (χ4v) is 4.88. The van der Waals surface area contributed by atoms with Crippen LogP contribution in [-0.4, -0.2) is 74.7 Å². The van der Waals surface area contributed by atoms with Gasteiger partial charge in [0, 0.05) is 44.8 Å². The predicted octanol–water partition coefficient (Wildman–Crippen LogP) is 1.38. The fourth-order valence-electron chi connectivity index (χ4n) is 4.88. The number of amides is 1. The second-order valence-electron chi connectivity index (χ2n) is 8.80. The van der Waals surface area contributed by atoms with Crippen LogP contribution in [0.3, 0.4) is 0 Å². The molecule has 3 aromatic rings. The van der Waals surface area contributed by atoms with Gasteiger partial charge in [-0.1, -0.05) is 18.2 Å². The zero-order valence-electron chi connectivity index (χ0n) is 18.9. The van der Waals surface area contributed by atoms with Gasteiger partial charge in [-0.15, -0.1) is 5.10 Å². The van der Waals surface area contributed by atoms with Crippen molar-refractivity contribution < 1.29 is 9.18 Å². The number of piperazine rings is 2. The van der Waals surface area contributed by atoms with E-state index in [1.807, 2.05) is 35.2 Å². The average molecular weight is 461 g/mol. The van der Waals surface area contributed by atoms with E-state index in [9.17, 15) is 14.4 Å². The van der Waals surface area contributed by atoms with Crippen LogP contribution in [0.25, 0.3) is 5.69 Å². The van der Waals surface area contributed by atoms with Crippen molar-refractivity contribution in [2.45, 2.75) is 25.4 Å². The van der Waals surface area contributed by atoms with Crippen LogP contribution in [0, 0.1) is 24.1 Å². The van der Waals surface area contributed by atoms with E-state index in [0.717, 1.165) is 36.4 Å². The Bertz CT molecular complexity index is 1220. The molecule has 0 saturated carbocycles. The van der Waals surface area contributed by atoms with Crippen molar-refractivity contribution in [3.8, 4) is 11.8 Å². The lowest BCUT2D eigenvalue weighted by molar-refractivity contribution is -0.134. The van der Waals surface area contributed by atoms with Crippen LogP contribution in [0.15, 0.2) is 42.7 Å². The van der Waals surface area contributed by atoms with Crippen molar-refractivity contribution in [2.75, 3.05) is 32.7 Å². The quantitative estimate of drug-likeness (QED) is 0.628. The number of hydrogen-bond donors (Lipinski definition) is 1. The molecule has 2 fully saturated rings. The number of nitrogens with zero attached hydrogens (tertiary/aromatic N) is 7. The molecule has 2 atom stereocenters. The SMILES string of the molecule is Cc1c([C@@H]2CN3CCN(C(=O)Cc4ccc(-n5cnnn5)cc4)CC3CN2)ccc(F)c1C#N. The minimum atomic E-state index is -0.477. The topological polar surface area (TPSA) is 103 Å². The lowest BCUT2D eigenvalue weighted by Gasteiger charge is -2.47. The Labute approximate surface area is 196 Å². The molecule has 1 N–H and O–H groups in total. The van der Waals surface area contributed by atoms with Crippen molar-refractivity contribution in [1.82, 2.24) is 35.3 Å². The molecule has 2 aromatic carbocycles. The molecule has 1 amide bonds. The average Bonchev–Trinajstić information content (AvgIpc) is 3.39. The number of benzene rings is 2. The summed E-state index contributed by atoms with van der Waals surface area (Å²) in [5.41, 5.74) is 3.56. The molecule has 10 heteroatoms. The van der Waals surface area contributed by atoms with E-state index in [2.05, 4.69) is 25.7 Å². The van der Waals surface area contributed by atoms with E-state index in [1.165, 1.54) is 12.4 Å². The number of aromatic nitrogens is 4. The molecule has 3 heterocycles. The molecule has 2 aliphatic heterocycles. The van der Waals surface area contributed by atoms with Crippen molar-refractivity contribution in [2.24, 2.45) is 0 Å². The molecule has 0 aliphatic carbocycles. The molecule has 5 rings (SSSR count). The number of carbonyl (C=O) groups is 1. The highest BCUT2D eigenvalue weighted by Crippen LogP contribution is 2.27. The second kappa shape index (κ2) is 9.29. The van der Waals surface area contributed by atoms with Crippen LogP contribution in [0.1, 0.15) is 28.3 Å². The van der Waals surface area contributed by atoms with Crippen LogP contribution in [0.5, 0.6) is 0 Å². The highest BCUT2D eigenvalue weighted by atomic mass is 19.1. The van der Waals surface area contributed by atoms with Gasteiger partial charge in [-0.05, 0) is 52.2 Å². The first kappa shape index (κ1) is 22.1. The lowest BCUT2D eigenvalue weighted by Crippen LogP contribution is -2.62. The molecule has 174 valence electrons. The Hall–Kier alpha value is -3.68. The second-order valence-corrected chi connectivity index (χ2v) is 8.80. The van der Waals surface area contributed by atoms with E-state index >= 15 is 0 Å².